The predicted octanol–water partition coefficient (Wildman–Crippen LogP) is 3.05. The van der Waals surface area contributed by atoms with Gasteiger partial charge in [-0.2, -0.15) is 0 Å². The largest absolute Gasteiger partial charge is 0.496 e. The molecule has 1 saturated heterocycles. The number of methoxy groups -OCH3 is 1. The van der Waals surface area contributed by atoms with Gasteiger partial charge in [0, 0.05) is 18.2 Å². The SMILES string of the molecule is COc1cc(C)c(-c2cn(CCC3CCCN3C)nn2)cc1C. The molecule has 0 N–H and O–H groups in total. The minimum Gasteiger partial charge on any atom is -0.496 e. The van der Waals surface area contributed by atoms with Gasteiger partial charge in [0.05, 0.1) is 13.3 Å². The lowest BCUT2D eigenvalue weighted by Gasteiger charge is -2.18. The van der Waals surface area contributed by atoms with Crippen molar-refractivity contribution >= 4 is 0 Å². The number of aromatic nitrogens is 3. The fraction of sp³-hybridized carbons (Fsp3) is 0.556. The van der Waals surface area contributed by atoms with Gasteiger partial charge in [-0.1, -0.05) is 5.21 Å². The molecule has 23 heavy (non-hydrogen) atoms. The molecule has 0 amide bonds. The smallest absolute Gasteiger partial charge is 0.122 e. The quantitative estimate of drug-likeness (QED) is 0.851. The third kappa shape index (κ3) is 3.39. The number of aryl methyl sites for hydroxylation is 3. The maximum Gasteiger partial charge on any atom is 0.122 e. The summed E-state index contributed by atoms with van der Waals surface area (Å²) in [5, 5.41) is 8.68. The van der Waals surface area contributed by atoms with Crippen molar-refractivity contribution in [1.29, 1.82) is 0 Å². The molecule has 2 heterocycles. The van der Waals surface area contributed by atoms with Crippen molar-refractivity contribution in [3.8, 4) is 17.0 Å². The van der Waals surface area contributed by atoms with Crippen LogP contribution in [-0.4, -0.2) is 46.6 Å². The number of benzene rings is 1. The first-order chi connectivity index (χ1) is 11.1. The lowest BCUT2D eigenvalue weighted by atomic mass is 10.0. The average molecular weight is 314 g/mol. The first-order valence-corrected chi connectivity index (χ1v) is 8.34. The molecular weight excluding hydrogens is 288 g/mol. The molecule has 3 rings (SSSR count). The Morgan fingerprint density at radius 3 is 2.78 bits per heavy atom. The van der Waals surface area contributed by atoms with Crippen LogP contribution in [0.3, 0.4) is 0 Å². The number of ether oxygens (including phenoxy) is 1. The van der Waals surface area contributed by atoms with Crippen molar-refractivity contribution in [2.24, 2.45) is 0 Å². The van der Waals surface area contributed by atoms with Crippen LogP contribution < -0.4 is 4.74 Å². The van der Waals surface area contributed by atoms with E-state index in [4.69, 9.17) is 4.74 Å². The molecule has 0 aliphatic carbocycles. The van der Waals surface area contributed by atoms with Gasteiger partial charge in [0.25, 0.3) is 0 Å². The Labute approximate surface area is 138 Å². The van der Waals surface area contributed by atoms with Gasteiger partial charge >= 0.3 is 0 Å². The fourth-order valence-electron chi connectivity index (χ4n) is 3.44. The molecule has 5 nitrogen and oxygen atoms in total. The Bertz CT molecular complexity index is 680. The zero-order chi connectivity index (χ0) is 16.4. The van der Waals surface area contributed by atoms with Gasteiger partial charge in [-0.15, -0.1) is 5.10 Å². The molecule has 124 valence electrons. The minimum atomic E-state index is 0.688. The van der Waals surface area contributed by atoms with Crippen LogP contribution in [0.25, 0.3) is 11.3 Å². The van der Waals surface area contributed by atoms with E-state index in [0.717, 1.165) is 41.1 Å². The molecule has 0 bridgehead atoms. The van der Waals surface area contributed by atoms with Gasteiger partial charge in [0.2, 0.25) is 0 Å². The lowest BCUT2D eigenvalue weighted by molar-refractivity contribution is 0.282. The highest BCUT2D eigenvalue weighted by Gasteiger charge is 2.20. The Kier molecular flexibility index (Phi) is 4.66. The summed E-state index contributed by atoms with van der Waals surface area (Å²) in [5.74, 6) is 0.919. The van der Waals surface area contributed by atoms with Gasteiger partial charge in [0.1, 0.15) is 11.4 Å². The van der Waals surface area contributed by atoms with Crippen molar-refractivity contribution in [1.82, 2.24) is 19.9 Å². The van der Waals surface area contributed by atoms with Gasteiger partial charge < -0.3 is 9.64 Å². The fourth-order valence-corrected chi connectivity index (χ4v) is 3.44. The standard InChI is InChI=1S/C18H26N4O/c1-13-11-18(23-4)14(2)10-16(13)17-12-22(20-19-17)9-7-15-6-5-8-21(15)3/h10-12,15H,5-9H2,1-4H3. The first-order valence-electron chi connectivity index (χ1n) is 8.34. The van der Waals surface area contributed by atoms with Crippen molar-refractivity contribution in [3.63, 3.8) is 0 Å². The van der Waals surface area contributed by atoms with Crippen molar-refractivity contribution in [3.05, 3.63) is 29.5 Å². The van der Waals surface area contributed by atoms with E-state index < -0.39 is 0 Å². The third-order valence-electron chi connectivity index (χ3n) is 4.92. The van der Waals surface area contributed by atoms with Crippen LogP contribution in [0.4, 0.5) is 0 Å². The van der Waals surface area contributed by atoms with E-state index >= 15 is 0 Å². The zero-order valence-electron chi connectivity index (χ0n) is 14.5. The van der Waals surface area contributed by atoms with Gasteiger partial charge in [-0.25, -0.2) is 0 Å². The maximum absolute atomic E-state index is 5.38. The van der Waals surface area contributed by atoms with Crippen LogP contribution in [0.2, 0.25) is 0 Å². The molecule has 1 fully saturated rings. The molecule has 1 aliphatic heterocycles. The van der Waals surface area contributed by atoms with Gasteiger partial charge in [-0.05, 0) is 70.0 Å². The summed E-state index contributed by atoms with van der Waals surface area (Å²) < 4.78 is 7.35. The molecule has 1 aromatic heterocycles. The van der Waals surface area contributed by atoms with Crippen LogP contribution in [0, 0.1) is 13.8 Å². The molecule has 2 aromatic rings. The van der Waals surface area contributed by atoms with E-state index in [9.17, 15) is 0 Å². The van der Waals surface area contributed by atoms with Crippen LogP contribution in [0.5, 0.6) is 5.75 Å². The summed E-state index contributed by atoms with van der Waals surface area (Å²) in [6.07, 6.45) is 5.81. The van der Waals surface area contributed by atoms with E-state index in [0.29, 0.717) is 6.04 Å². The second-order valence-corrected chi connectivity index (χ2v) is 6.57. The number of hydrogen-bond acceptors (Lipinski definition) is 4. The number of rotatable bonds is 5. The lowest BCUT2D eigenvalue weighted by Crippen LogP contribution is -2.26. The average Bonchev–Trinajstić information content (AvgIpc) is 3.16. The first kappa shape index (κ1) is 16.0. The van der Waals surface area contributed by atoms with Gasteiger partial charge in [0.15, 0.2) is 0 Å². The molecule has 0 saturated carbocycles. The van der Waals surface area contributed by atoms with Crippen LogP contribution in [-0.2, 0) is 6.54 Å². The third-order valence-corrected chi connectivity index (χ3v) is 4.92. The van der Waals surface area contributed by atoms with Crippen molar-refractivity contribution < 1.29 is 4.74 Å². The van der Waals surface area contributed by atoms with Crippen molar-refractivity contribution in [2.45, 2.75) is 45.7 Å². The van der Waals surface area contributed by atoms with Crippen LogP contribution >= 0.6 is 0 Å². The second-order valence-electron chi connectivity index (χ2n) is 6.57. The number of hydrogen-bond donors (Lipinski definition) is 0. The predicted molar refractivity (Wildman–Crippen MR) is 91.8 cm³/mol. The molecule has 1 aromatic carbocycles. The summed E-state index contributed by atoms with van der Waals surface area (Å²) in [5.41, 5.74) is 4.35. The summed E-state index contributed by atoms with van der Waals surface area (Å²) >= 11 is 0. The number of likely N-dealkylation sites (tertiary alicyclic amines) is 1. The molecule has 1 unspecified atom stereocenters. The highest BCUT2D eigenvalue weighted by atomic mass is 16.5. The Hall–Kier alpha value is -1.88. The van der Waals surface area contributed by atoms with E-state index in [-0.39, 0.29) is 0 Å². The zero-order valence-corrected chi connectivity index (χ0v) is 14.5. The summed E-state index contributed by atoms with van der Waals surface area (Å²) in [4.78, 5) is 2.45. The second kappa shape index (κ2) is 6.71. The summed E-state index contributed by atoms with van der Waals surface area (Å²) in [6.45, 7) is 6.29. The highest BCUT2D eigenvalue weighted by Crippen LogP contribution is 2.28. The molecule has 1 atom stereocenters. The molecular formula is C18H26N4O. The molecule has 5 heteroatoms. The highest BCUT2D eigenvalue weighted by molar-refractivity contribution is 5.65. The van der Waals surface area contributed by atoms with E-state index in [1.54, 1.807) is 7.11 Å². The van der Waals surface area contributed by atoms with E-state index in [1.807, 2.05) is 4.68 Å². The monoisotopic (exact) mass is 314 g/mol. The Morgan fingerprint density at radius 2 is 2.09 bits per heavy atom. The van der Waals surface area contributed by atoms with Gasteiger partial charge in [-0.3, -0.25) is 4.68 Å². The minimum absolute atomic E-state index is 0.688. The van der Waals surface area contributed by atoms with Crippen molar-refractivity contribution in [2.75, 3.05) is 20.7 Å². The topological polar surface area (TPSA) is 43.2 Å². The summed E-state index contributed by atoms with van der Waals surface area (Å²) in [6, 6.07) is 4.89. The molecule has 1 aliphatic rings. The van der Waals surface area contributed by atoms with E-state index in [1.165, 1.54) is 19.4 Å². The molecule has 0 radical (unpaired) electrons. The Morgan fingerprint density at radius 1 is 1.26 bits per heavy atom. The normalized spacial score (nSPS) is 18.5. The number of nitrogens with zero attached hydrogens (tertiary/aromatic N) is 4. The summed E-state index contributed by atoms with van der Waals surface area (Å²) in [7, 11) is 3.92. The maximum atomic E-state index is 5.38. The van der Waals surface area contributed by atoms with Crippen LogP contribution in [0.15, 0.2) is 18.3 Å². The Balaban J connectivity index is 1.73. The van der Waals surface area contributed by atoms with E-state index in [2.05, 4.69) is 54.4 Å². The molecule has 0 spiro atoms. The van der Waals surface area contributed by atoms with Crippen LogP contribution in [0.1, 0.15) is 30.4 Å².